The molecular formula is C52H33NO3. The van der Waals surface area contributed by atoms with Gasteiger partial charge >= 0.3 is 0 Å². The van der Waals surface area contributed by atoms with Gasteiger partial charge in [-0.1, -0.05) is 109 Å². The van der Waals surface area contributed by atoms with Gasteiger partial charge in [-0.05, 0) is 89.2 Å². The van der Waals surface area contributed by atoms with Crippen molar-refractivity contribution in [1.82, 2.24) is 0 Å². The van der Waals surface area contributed by atoms with Crippen molar-refractivity contribution in [2.45, 2.75) is 12.8 Å². The molecule has 0 atom stereocenters. The summed E-state index contributed by atoms with van der Waals surface area (Å²) in [5.41, 5.74) is 13.3. The number of para-hydroxylation sites is 2. The number of benzene rings is 8. The van der Waals surface area contributed by atoms with Crippen molar-refractivity contribution in [1.29, 1.82) is 0 Å². The second-order valence-corrected chi connectivity index (χ2v) is 14.7. The Balaban J connectivity index is 1.03. The van der Waals surface area contributed by atoms with E-state index in [1.807, 2.05) is 12.1 Å². The van der Waals surface area contributed by atoms with Crippen LogP contribution in [0.2, 0.25) is 0 Å². The summed E-state index contributed by atoms with van der Waals surface area (Å²) in [6, 6.07) is 58.2. The van der Waals surface area contributed by atoms with E-state index in [1.54, 1.807) is 0 Å². The molecule has 8 aromatic carbocycles. The number of hydrogen-bond donors (Lipinski definition) is 0. The highest BCUT2D eigenvalue weighted by molar-refractivity contribution is 6.16. The van der Waals surface area contributed by atoms with Gasteiger partial charge in [0.2, 0.25) is 0 Å². The van der Waals surface area contributed by atoms with Crippen LogP contribution in [0.4, 0.5) is 17.1 Å². The smallest absolute Gasteiger partial charge is 0.143 e. The van der Waals surface area contributed by atoms with Crippen LogP contribution >= 0.6 is 0 Å². The summed E-state index contributed by atoms with van der Waals surface area (Å²) in [5, 5.41) is 7.92. The normalized spacial score (nSPS) is 12.8. The minimum absolute atomic E-state index is 0.881. The zero-order chi connectivity index (χ0) is 36.7. The van der Waals surface area contributed by atoms with Crippen LogP contribution in [-0.4, -0.2) is 0 Å². The zero-order valence-corrected chi connectivity index (χ0v) is 30.3. The molecule has 0 radical (unpaired) electrons. The van der Waals surface area contributed by atoms with E-state index in [-0.39, 0.29) is 0 Å². The minimum atomic E-state index is 0.881. The SMILES string of the molecule is C1=Cc2c(oc3cc(N(c4ccc(-c5cccc6oc7ccccc7c56)cc4)c4ccccc4-c4ccc5oc6c7ccccc7ccc6c5c4)ccc23)CC1. The molecule has 0 spiro atoms. The monoisotopic (exact) mass is 719 g/mol. The summed E-state index contributed by atoms with van der Waals surface area (Å²) in [7, 11) is 0. The van der Waals surface area contributed by atoms with Gasteiger partial charge in [0.25, 0.3) is 0 Å². The van der Waals surface area contributed by atoms with Crippen molar-refractivity contribution in [3.05, 3.63) is 181 Å². The standard InChI is InChI=1S/C52H33NO3/c1-2-12-39-32(10-1)22-27-42-44-30-34(23-29-48(44)56-52(39)42)37-11-3-6-16-45(37)53(36-26-28-41-40-13-4-7-17-46(40)55-50(41)31-36)35-24-20-33(21-25-35)38-15-9-19-49-51(38)43-14-5-8-18-47(43)54-49/h1-6,8-16,18-31H,7,17H2. The number of aryl methyl sites for hydroxylation is 1. The highest BCUT2D eigenvalue weighted by atomic mass is 16.3. The Kier molecular flexibility index (Phi) is 6.72. The Hall–Kier alpha value is -7.30. The fourth-order valence-electron chi connectivity index (χ4n) is 8.90. The quantitative estimate of drug-likeness (QED) is 0.178. The van der Waals surface area contributed by atoms with E-state index in [0.29, 0.717) is 0 Å². The molecule has 11 aromatic rings. The van der Waals surface area contributed by atoms with E-state index in [2.05, 4.69) is 169 Å². The molecular weight excluding hydrogens is 687 g/mol. The fourth-order valence-corrected chi connectivity index (χ4v) is 8.90. The van der Waals surface area contributed by atoms with Gasteiger partial charge in [0.1, 0.15) is 33.7 Å². The number of furan rings is 3. The zero-order valence-electron chi connectivity index (χ0n) is 30.3. The Morgan fingerprint density at radius 1 is 0.446 bits per heavy atom. The number of fused-ring (bicyclic) bond motifs is 11. The predicted octanol–water partition coefficient (Wildman–Crippen LogP) is 15.1. The van der Waals surface area contributed by atoms with Crippen LogP contribution in [0.3, 0.4) is 0 Å². The Labute approximate surface area is 322 Å². The van der Waals surface area contributed by atoms with E-state index in [9.17, 15) is 0 Å². The van der Waals surface area contributed by atoms with Crippen LogP contribution in [0, 0.1) is 0 Å². The van der Waals surface area contributed by atoms with Gasteiger partial charge < -0.3 is 18.2 Å². The average molecular weight is 720 g/mol. The molecule has 1 aliphatic carbocycles. The summed E-state index contributed by atoms with van der Waals surface area (Å²) in [5.74, 6) is 1.06. The molecule has 264 valence electrons. The summed E-state index contributed by atoms with van der Waals surface area (Å²) in [6.45, 7) is 0. The van der Waals surface area contributed by atoms with Gasteiger partial charge in [0, 0.05) is 67.3 Å². The van der Waals surface area contributed by atoms with Crippen molar-refractivity contribution in [3.8, 4) is 22.3 Å². The largest absolute Gasteiger partial charge is 0.460 e. The van der Waals surface area contributed by atoms with Gasteiger partial charge in [0.05, 0.1) is 5.69 Å². The van der Waals surface area contributed by atoms with Crippen molar-refractivity contribution in [2.75, 3.05) is 4.90 Å². The number of nitrogens with zero attached hydrogens (tertiary/aromatic N) is 1. The summed E-state index contributed by atoms with van der Waals surface area (Å²) < 4.78 is 19.3. The summed E-state index contributed by atoms with van der Waals surface area (Å²) in [6.07, 6.45) is 6.37. The van der Waals surface area contributed by atoms with Crippen LogP contribution in [0.15, 0.2) is 183 Å². The first-order chi connectivity index (χ1) is 27.7. The van der Waals surface area contributed by atoms with Gasteiger partial charge in [-0.2, -0.15) is 0 Å². The van der Waals surface area contributed by atoms with E-state index in [1.165, 1.54) is 10.9 Å². The molecule has 0 N–H and O–H groups in total. The number of hydrogen-bond acceptors (Lipinski definition) is 4. The van der Waals surface area contributed by atoms with Crippen molar-refractivity contribution < 1.29 is 13.3 Å². The topological polar surface area (TPSA) is 42.7 Å². The second-order valence-electron chi connectivity index (χ2n) is 14.7. The predicted molar refractivity (Wildman–Crippen MR) is 231 cm³/mol. The molecule has 12 rings (SSSR count). The van der Waals surface area contributed by atoms with Crippen LogP contribution < -0.4 is 4.90 Å². The molecule has 1 aliphatic rings. The molecule has 0 amide bonds. The lowest BCUT2D eigenvalue weighted by molar-refractivity contribution is 0.546. The van der Waals surface area contributed by atoms with Crippen LogP contribution in [0.5, 0.6) is 0 Å². The number of rotatable bonds is 5. The van der Waals surface area contributed by atoms with Crippen molar-refractivity contribution in [2.24, 2.45) is 0 Å². The van der Waals surface area contributed by atoms with Crippen LogP contribution in [-0.2, 0) is 6.42 Å². The highest BCUT2D eigenvalue weighted by Crippen LogP contribution is 2.45. The third-order valence-electron chi connectivity index (χ3n) is 11.5. The maximum atomic E-state index is 6.53. The maximum absolute atomic E-state index is 6.53. The van der Waals surface area contributed by atoms with E-state index >= 15 is 0 Å². The minimum Gasteiger partial charge on any atom is -0.460 e. The summed E-state index contributed by atoms with van der Waals surface area (Å²) >= 11 is 0. The Bertz CT molecular complexity index is 3380. The van der Waals surface area contributed by atoms with E-state index in [4.69, 9.17) is 13.3 Å². The van der Waals surface area contributed by atoms with Crippen molar-refractivity contribution in [3.63, 3.8) is 0 Å². The van der Waals surface area contributed by atoms with Gasteiger partial charge in [0.15, 0.2) is 0 Å². The lowest BCUT2D eigenvalue weighted by Crippen LogP contribution is -2.11. The highest BCUT2D eigenvalue weighted by Gasteiger charge is 2.22. The number of anilines is 3. The molecule has 0 fully saturated rings. The van der Waals surface area contributed by atoms with E-state index in [0.717, 1.165) is 118 Å². The molecule has 4 heteroatoms. The fraction of sp³-hybridized carbons (Fsp3) is 0.0385. The van der Waals surface area contributed by atoms with Crippen LogP contribution in [0.25, 0.3) is 93.9 Å². The first kappa shape index (κ1) is 31.1. The van der Waals surface area contributed by atoms with Gasteiger partial charge in [-0.25, -0.2) is 0 Å². The van der Waals surface area contributed by atoms with Gasteiger partial charge in [-0.3, -0.25) is 0 Å². The first-order valence-electron chi connectivity index (χ1n) is 19.2. The molecule has 0 bridgehead atoms. The lowest BCUT2D eigenvalue weighted by atomic mass is 9.97. The molecule has 0 unspecified atom stereocenters. The molecule has 3 aromatic heterocycles. The molecule has 3 heterocycles. The second kappa shape index (κ2) is 12.1. The lowest BCUT2D eigenvalue weighted by Gasteiger charge is -2.28. The number of allylic oxidation sites excluding steroid dienone is 1. The van der Waals surface area contributed by atoms with E-state index < -0.39 is 0 Å². The third kappa shape index (κ3) is 4.72. The Morgan fingerprint density at radius 2 is 1.20 bits per heavy atom. The molecule has 0 saturated heterocycles. The maximum Gasteiger partial charge on any atom is 0.143 e. The van der Waals surface area contributed by atoms with Crippen molar-refractivity contribution >= 4 is 88.8 Å². The molecule has 4 nitrogen and oxygen atoms in total. The van der Waals surface area contributed by atoms with Gasteiger partial charge in [-0.15, -0.1) is 0 Å². The average Bonchev–Trinajstić information content (AvgIpc) is 3.95. The molecule has 0 saturated carbocycles. The summed E-state index contributed by atoms with van der Waals surface area (Å²) in [4.78, 5) is 2.36. The molecule has 0 aliphatic heterocycles. The first-order valence-corrected chi connectivity index (χ1v) is 19.2. The Morgan fingerprint density at radius 3 is 2.14 bits per heavy atom. The molecule has 56 heavy (non-hydrogen) atoms. The van der Waals surface area contributed by atoms with Crippen LogP contribution in [0.1, 0.15) is 17.7 Å². The third-order valence-corrected chi connectivity index (χ3v) is 11.5.